The van der Waals surface area contributed by atoms with E-state index in [4.69, 9.17) is 0 Å². The molecule has 0 radical (unpaired) electrons. The highest BCUT2D eigenvalue weighted by atomic mass is 32.2. The molecule has 1 heterocycles. The Morgan fingerprint density at radius 2 is 1.61 bits per heavy atom. The summed E-state index contributed by atoms with van der Waals surface area (Å²) in [6.45, 7) is 1.97. The van der Waals surface area contributed by atoms with Gasteiger partial charge in [0.15, 0.2) is 0 Å². The van der Waals surface area contributed by atoms with Gasteiger partial charge in [0.1, 0.15) is 5.82 Å². The molecule has 0 saturated carbocycles. The largest absolute Gasteiger partial charge is 0.372 e. The molecule has 33 heavy (non-hydrogen) atoms. The molecule has 6 nitrogen and oxygen atoms in total. The quantitative estimate of drug-likeness (QED) is 0.549. The second-order valence-corrected chi connectivity index (χ2v) is 10.0. The van der Waals surface area contributed by atoms with Crippen molar-refractivity contribution in [1.82, 2.24) is 0 Å². The van der Waals surface area contributed by atoms with Crippen molar-refractivity contribution in [2.75, 3.05) is 33.9 Å². The van der Waals surface area contributed by atoms with Crippen LogP contribution in [0.4, 0.5) is 21.5 Å². The number of carbonyl (C=O) groups is 1. The number of amides is 1. The molecule has 0 bridgehead atoms. The van der Waals surface area contributed by atoms with Gasteiger partial charge >= 0.3 is 0 Å². The molecule has 1 N–H and O–H groups in total. The first-order chi connectivity index (χ1) is 15.8. The van der Waals surface area contributed by atoms with Gasteiger partial charge in [-0.1, -0.05) is 18.2 Å². The van der Waals surface area contributed by atoms with Crippen LogP contribution < -0.4 is 14.5 Å². The third kappa shape index (κ3) is 5.51. The Morgan fingerprint density at radius 3 is 2.21 bits per heavy atom. The van der Waals surface area contributed by atoms with Gasteiger partial charge < -0.3 is 10.2 Å². The van der Waals surface area contributed by atoms with Gasteiger partial charge in [-0.05, 0) is 67.4 Å². The monoisotopic (exact) mass is 467 g/mol. The molecule has 0 aliphatic carbocycles. The Kier molecular flexibility index (Phi) is 6.65. The maximum Gasteiger partial charge on any atom is 0.255 e. The molecule has 0 unspecified atom stereocenters. The lowest BCUT2D eigenvalue weighted by Gasteiger charge is -2.23. The van der Waals surface area contributed by atoms with Crippen LogP contribution in [-0.4, -0.2) is 33.7 Å². The number of halogens is 1. The number of rotatable bonds is 7. The minimum Gasteiger partial charge on any atom is -0.372 e. The van der Waals surface area contributed by atoms with Crippen molar-refractivity contribution in [1.29, 1.82) is 0 Å². The van der Waals surface area contributed by atoms with Crippen molar-refractivity contribution >= 4 is 33.0 Å². The van der Waals surface area contributed by atoms with E-state index in [1.54, 1.807) is 42.5 Å². The Bertz CT molecular complexity index is 1220. The van der Waals surface area contributed by atoms with Gasteiger partial charge in [-0.25, -0.2) is 12.8 Å². The number of carbonyl (C=O) groups excluding carboxylic acids is 1. The fourth-order valence-electron chi connectivity index (χ4n) is 3.89. The fraction of sp³-hybridized carbons (Fsp3) is 0.240. The van der Waals surface area contributed by atoms with Crippen molar-refractivity contribution in [3.8, 4) is 0 Å². The predicted molar refractivity (Wildman–Crippen MR) is 130 cm³/mol. The molecular weight excluding hydrogens is 441 g/mol. The van der Waals surface area contributed by atoms with Crippen LogP contribution in [0.15, 0.2) is 72.8 Å². The van der Waals surface area contributed by atoms with Crippen LogP contribution >= 0.6 is 0 Å². The van der Waals surface area contributed by atoms with Gasteiger partial charge in [-0.2, -0.15) is 0 Å². The van der Waals surface area contributed by atoms with Gasteiger partial charge in [-0.3, -0.25) is 9.10 Å². The maximum atomic E-state index is 14.1. The van der Waals surface area contributed by atoms with Crippen molar-refractivity contribution in [2.24, 2.45) is 0 Å². The van der Waals surface area contributed by atoms with E-state index in [0.717, 1.165) is 29.3 Å². The minimum absolute atomic E-state index is 0.138. The van der Waals surface area contributed by atoms with Crippen LogP contribution in [0.25, 0.3) is 0 Å². The Balaban J connectivity index is 1.46. The summed E-state index contributed by atoms with van der Waals surface area (Å²) in [7, 11) is -3.66. The van der Waals surface area contributed by atoms with Crippen LogP contribution in [0.2, 0.25) is 0 Å². The number of hydrogen-bond donors (Lipinski definition) is 1. The van der Waals surface area contributed by atoms with Gasteiger partial charge in [-0.15, -0.1) is 0 Å². The molecule has 1 aliphatic heterocycles. The van der Waals surface area contributed by atoms with Gasteiger partial charge in [0.2, 0.25) is 10.0 Å². The van der Waals surface area contributed by atoms with Crippen LogP contribution in [0.5, 0.6) is 0 Å². The highest BCUT2D eigenvalue weighted by Gasteiger charge is 2.20. The number of sulfonamides is 1. The molecule has 3 aromatic carbocycles. The zero-order valence-electron chi connectivity index (χ0n) is 18.4. The average Bonchev–Trinajstić information content (AvgIpc) is 3.33. The molecule has 0 spiro atoms. The molecule has 8 heteroatoms. The topological polar surface area (TPSA) is 69.7 Å². The standard InChI is InChI=1S/C25H26FN3O3S/c1-33(31,32)29(18-20-6-2-3-7-24(20)26)23-12-8-19(9-13-23)25(30)27-21-10-14-22(15-11-21)28-16-4-5-17-28/h2-3,6-15H,4-5,16-18H2,1H3,(H,27,30). The van der Waals surface area contributed by atoms with Crippen molar-refractivity contribution in [3.05, 3.63) is 89.7 Å². The lowest BCUT2D eigenvalue weighted by molar-refractivity contribution is 0.102. The molecule has 1 fully saturated rings. The summed E-state index contributed by atoms with van der Waals surface area (Å²) in [5.41, 5.74) is 2.84. The van der Waals surface area contributed by atoms with Crippen LogP contribution in [-0.2, 0) is 16.6 Å². The first-order valence-electron chi connectivity index (χ1n) is 10.8. The summed E-state index contributed by atoms with van der Waals surface area (Å²) in [5.74, 6) is -0.770. The fourth-order valence-corrected chi connectivity index (χ4v) is 4.77. The smallest absolute Gasteiger partial charge is 0.255 e. The first-order valence-corrected chi connectivity index (χ1v) is 12.6. The SMILES string of the molecule is CS(=O)(=O)N(Cc1ccccc1F)c1ccc(C(=O)Nc2ccc(N3CCCC3)cc2)cc1. The summed E-state index contributed by atoms with van der Waals surface area (Å²) in [6, 6.07) is 20.0. The summed E-state index contributed by atoms with van der Waals surface area (Å²) >= 11 is 0. The molecule has 3 aromatic rings. The van der Waals surface area contributed by atoms with E-state index in [1.807, 2.05) is 24.3 Å². The van der Waals surface area contributed by atoms with E-state index in [9.17, 15) is 17.6 Å². The number of nitrogens with zero attached hydrogens (tertiary/aromatic N) is 2. The minimum atomic E-state index is -3.66. The highest BCUT2D eigenvalue weighted by Crippen LogP contribution is 2.24. The van der Waals surface area contributed by atoms with E-state index < -0.39 is 15.8 Å². The molecule has 172 valence electrons. The highest BCUT2D eigenvalue weighted by molar-refractivity contribution is 7.92. The second kappa shape index (κ2) is 9.62. The molecule has 0 aromatic heterocycles. The second-order valence-electron chi connectivity index (χ2n) is 8.10. The summed E-state index contributed by atoms with van der Waals surface area (Å²) in [6.07, 6.45) is 3.47. The maximum absolute atomic E-state index is 14.1. The average molecular weight is 468 g/mol. The predicted octanol–water partition coefficient (Wildman–Crippen LogP) is 4.64. The molecule has 0 atom stereocenters. The van der Waals surface area contributed by atoms with E-state index >= 15 is 0 Å². The Labute approximate surface area is 193 Å². The van der Waals surface area contributed by atoms with Crippen LogP contribution in [0, 0.1) is 5.82 Å². The third-order valence-electron chi connectivity index (χ3n) is 5.69. The lowest BCUT2D eigenvalue weighted by Crippen LogP contribution is -2.29. The van der Waals surface area contributed by atoms with Crippen molar-refractivity contribution in [2.45, 2.75) is 19.4 Å². The Hall–Kier alpha value is -3.39. The summed E-state index contributed by atoms with van der Waals surface area (Å²) in [5, 5.41) is 2.86. The van der Waals surface area contributed by atoms with Crippen molar-refractivity contribution in [3.63, 3.8) is 0 Å². The van der Waals surface area contributed by atoms with E-state index in [-0.39, 0.29) is 18.0 Å². The molecule has 1 aliphatic rings. The zero-order chi connectivity index (χ0) is 23.4. The van der Waals surface area contributed by atoms with Gasteiger partial charge in [0.05, 0.1) is 18.5 Å². The molecular formula is C25H26FN3O3S. The number of nitrogens with one attached hydrogen (secondary N) is 1. The van der Waals surface area contributed by atoms with Crippen molar-refractivity contribution < 1.29 is 17.6 Å². The lowest BCUT2D eigenvalue weighted by atomic mass is 10.1. The zero-order valence-corrected chi connectivity index (χ0v) is 19.2. The van der Waals surface area contributed by atoms with Crippen LogP contribution in [0.3, 0.4) is 0 Å². The third-order valence-corrected chi connectivity index (χ3v) is 6.83. The first kappa shape index (κ1) is 22.8. The molecule has 1 saturated heterocycles. The number of benzene rings is 3. The van der Waals surface area contributed by atoms with E-state index in [0.29, 0.717) is 16.9 Å². The van der Waals surface area contributed by atoms with Gasteiger partial charge in [0, 0.05) is 35.6 Å². The van der Waals surface area contributed by atoms with Crippen LogP contribution in [0.1, 0.15) is 28.8 Å². The Morgan fingerprint density at radius 1 is 0.970 bits per heavy atom. The molecule has 4 rings (SSSR count). The summed E-state index contributed by atoms with van der Waals surface area (Å²) in [4.78, 5) is 15.0. The molecule has 1 amide bonds. The summed E-state index contributed by atoms with van der Waals surface area (Å²) < 4.78 is 39.9. The van der Waals surface area contributed by atoms with E-state index in [2.05, 4.69) is 10.2 Å². The number of hydrogen-bond acceptors (Lipinski definition) is 4. The van der Waals surface area contributed by atoms with E-state index in [1.165, 1.54) is 18.9 Å². The van der Waals surface area contributed by atoms with Gasteiger partial charge in [0.25, 0.3) is 5.91 Å². The number of anilines is 3. The normalized spacial score (nSPS) is 13.7.